The van der Waals surface area contributed by atoms with E-state index >= 15 is 0 Å². The molecule has 0 unspecified atom stereocenters. The predicted molar refractivity (Wildman–Crippen MR) is 66.6 cm³/mol. The van der Waals surface area contributed by atoms with Crippen molar-refractivity contribution in [1.29, 1.82) is 0 Å². The van der Waals surface area contributed by atoms with Crippen molar-refractivity contribution in [2.45, 2.75) is 6.61 Å². The zero-order valence-electron chi connectivity index (χ0n) is 8.56. The van der Waals surface area contributed by atoms with Crippen LogP contribution in [0.4, 0.5) is 0 Å². The van der Waals surface area contributed by atoms with E-state index in [0.717, 1.165) is 10.0 Å². The minimum absolute atomic E-state index is 0.144. The molecule has 2 aromatic rings. The molecule has 82 valence electrons. The standard InChI is InChI=1S/C13H11BrO2/c14-11-7-4-8-12(15)13(11)16-9-10-5-2-1-3-6-10/h1-8,15H,9H2. The molecule has 0 heterocycles. The van der Waals surface area contributed by atoms with Crippen LogP contribution in [0.2, 0.25) is 0 Å². The minimum atomic E-state index is 0.144. The monoisotopic (exact) mass is 278 g/mol. The largest absolute Gasteiger partial charge is 0.504 e. The Morgan fingerprint density at radius 2 is 1.75 bits per heavy atom. The maximum absolute atomic E-state index is 9.61. The zero-order chi connectivity index (χ0) is 11.4. The molecule has 0 bridgehead atoms. The lowest BCUT2D eigenvalue weighted by Gasteiger charge is -2.09. The van der Waals surface area contributed by atoms with Crippen LogP contribution in [0.15, 0.2) is 53.0 Å². The van der Waals surface area contributed by atoms with E-state index in [1.165, 1.54) is 0 Å². The van der Waals surface area contributed by atoms with E-state index in [4.69, 9.17) is 4.74 Å². The molecule has 0 amide bonds. The summed E-state index contributed by atoms with van der Waals surface area (Å²) in [6, 6.07) is 15.0. The van der Waals surface area contributed by atoms with Gasteiger partial charge in [0.1, 0.15) is 6.61 Å². The minimum Gasteiger partial charge on any atom is -0.504 e. The van der Waals surface area contributed by atoms with Gasteiger partial charge in [-0.25, -0.2) is 0 Å². The second kappa shape index (κ2) is 5.03. The Morgan fingerprint density at radius 1 is 1.00 bits per heavy atom. The third kappa shape index (κ3) is 2.55. The van der Waals surface area contributed by atoms with E-state index in [9.17, 15) is 5.11 Å². The summed E-state index contributed by atoms with van der Waals surface area (Å²) in [5.41, 5.74) is 1.07. The second-order valence-electron chi connectivity index (χ2n) is 3.36. The molecule has 0 aliphatic carbocycles. The van der Waals surface area contributed by atoms with E-state index in [-0.39, 0.29) is 5.75 Å². The van der Waals surface area contributed by atoms with Crippen LogP contribution in [-0.2, 0) is 6.61 Å². The zero-order valence-corrected chi connectivity index (χ0v) is 10.1. The SMILES string of the molecule is Oc1cccc(Br)c1OCc1ccccc1. The van der Waals surface area contributed by atoms with E-state index in [1.807, 2.05) is 36.4 Å². The lowest BCUT2D eigenvalue weighted by molar-refractivity contribution is 0.287. The molecule has 0 saturated carbocycles. The molecule has 0 radical (unpaired) electrons. The van der Waals surface area contributed by atoms with Crippen molar-refractivity contribution in [2.75, 3.05) is 0 Å². The number of ether oxygens (including phenoxy) is 1. The molecule has 0 saturated heterocycles. The predicted octanol–water partition coefficient (Wildman–Crippen LogP) is 3.73. The van der Waals surface area contributed by atoms with Crippen molar-refractivity contribution < 1.29 is 9.84 Å². The van der Waals surface area contributed by atoms with Crippen molar-refractivity contribution in [3.8, 4) is 11.5 Å². The van der Waals surface area contributed by atoms with Crippen LogP contribution in [0.5, 0.6) is 11.5 Å². The Bertz CT molecular complexity index is 448. The van der Waals surface area contributed by atoms with E-state index < -0.39 is 0 Å². The van der Waals surface area contributed by atoms with Crippen LogP contribution in [0.3, 0.4) is 0 Å². The van der Waals surface area contributed by atoms with Crippen LogP contribution in [0.25, 0.3) is 0 Å². The van der Waals surface area contributed by atoms with E-state index in [1.54, 1.807) is 12.1 Å². The van der Waals surface area contributed by atoms with Crippen molar-refractivity contribution in [3.63, 3.8) is 0 Å². The molecule has 3 heteroatoms. The van der Waals surface area contributed by atoms with E-state index in [2.05, 4.69) is 15.9 Å². The van der Waals surface area contributed by atoms with Gasteiger partial charge in [0, 0.05) is 0 Å². The van der Waals surface area contributed by atoms with Crippen molar-refractivity contribution >= 4 is 15.9 Å². The van der Waals surface area contributed by atoms with Gasteiger partial charge in [0.25, 0.3) is 0 Å². The lowest BCUT2D eigenvalue weighted by atomic mass is 10.2. The maximum Gasteiger partial charge on any atom is 0.175 e. The summed E-state index contributed by atoms with van der Waals surface area (Å²) in [5, 5.41) is 9.61. The number of benzene rings is 2. The number of hydrogen-bond donors (Lipinski definition) is 1. The summed E-state index contributed by atoms with van der Waals surface area (Å²) in [6.45, 7) is 0.441. The third-order valence-electron chi connectivity index (χ3n) is 2.17. The molecule has 0 fully saturated rings. The van der Waals surface area contributed by atoms with Gasteiger partial charge in [0.05, 0.1) is 4.47 Å². The smallest absolute Gasteiger partial charge is 0.175 e. The van der Waals surface area contributed by atoms with Gasteiger partial charge in [-0.3, -0.25) is 0 Å². The first kappa shape index (κ1) is 11.0. The van der Waals surface area contributed by atoms with Gasteiger partial charge in [-0.2, -0.15) is 0 Å². The number of para-hydroxylation sites is 1. The maximum atomic E-state index is 9.61. The molecule has 2 rings (SSSR count). The fourth-order valence-corrected chi connectivity index (χ4v) is 1.84. The lowest BCUT2D eigenvalue weighted by Crippen LogP contribution is -1.95. The third-order valence-corrected chi connectivity index (χ3v) is 2.80. The molecule has 0 aromatic heterocycles. The molecule has 0 spiro atoms. The highest BCUT2D eigenvalue weighted by molar-refractivity contribution is 9.10. The fourth-order valence-electron chi connectivity index (χ4n) is 1.37. The van der Waals surface area contributed by atoms with Gasteiger partial charge in [-0.1, -0.05) is 36.4 Å². The van der Waals surface area contributed by atoms with Crippen LogP contribution in [0.1, 0.15) is 5.56 Å². The first-order chi connectivity index (χ1) is 7.77. The second-order valence-corrected chi connectivity index (χ2v) is 4.22. The fraction of sp³-hybridized carbons (Fsp3) is 0.0769. The highest BCUT2D eigenvalue weighted by Crippen LogP contribution is 2.34. The Morgan fingerprint density at radius 3 is 2.44 bits per heavy atom. The molecule has 0 atom stereocenters. The van der Waals surface area contributed by atoms with Crippen LogP contribution in [-0.4, -0.2) is 5.11 Å². The van der Waals surface area contributed by atoms with Crippen LogP contribution < -0.4 is 4.74 Å². The Hall–Kier alpha value is -1.48. The topological polar surface area (TPSA) is 29.5 Å². The summed E-state index contributed by atoms with van der Waals surface area (Å²) in [6.07, 6.45) is 0. The van der Waals surface area contributed by atoms with Gasteiger partial charge in [0.15, 0.2) is 11.5 Å². The summed E-state index contributed by atoms with van der Waals surface area (Å²) in [7, 11) is 0. The van der Waals surface area contributed by atoms with Crippen molar-refractivity contribution in [2.24, 2.45) is 0 Å². The van der Waals surface area contributed by atoms with Gasteiger partial charge >= 0.3 is 0 Å². The number of rotatable bonds is 3. The molecule has 16 heavy (non-hydrogen) atoms. The Balaban J connectivity index is 2.11. The highest BCUT2D eigenvalue weighted by atomic mass is 79.9. The summed E-state index contributed by atoms with van der Waals surface area (Å²) in [5.74, 6) is 0.622. The summed E-state index contributed by atoms with van der Waals surface area (Å²) in [4.78, 5) is 0. The molecule has 1 N–H and O–H groups in total. The quantitative estimate of drug-likeness (QED) is 0.927. The van der Waals surface area contributed by atoms with Gasteiger partial charge < -0.3 is 9.84 Å². The molecule has 0 aliphatic heterocycles. The van der Waals surface area contributed by atoms with Crippen LogP contribution in [0, 0.1) is 0 Å². The first-order valence-corrected chi connectivity index (χ1v) is 5.71. The number of phenolic OH excluding ortho intramolecular Hbond substituents is 1. The average Bonchev–Trinajstić information content (AvgIpc) is 2.30. The molecule has 0 aliphatic rings. The Labute approximate surface area is 103 Å². The first-order valence-electron chi connectivity index (χ1n) is 4.91. The van der Waals surface area contributed by atoms with Crippen LogP contribution >= 0.6 is 15.9 Å². The molecule has 2 aromatic carbocycles. The van der Waals surface area contributed by atoms with Crippen molar-refractivity contribution in [1.82, 2.24) is 0 Å². The normalized spacial score (nSPS) is 10.1. The number of halogens is 1. The Kier molecular flexibility index (Phi) is 3.47. The number of hydrogen-bond acceptors (Lipinski definition) is 2. The summed E-state index contributed by atoms with van der Waals surface area (Å²) >= 11 is 3.34. The van der Waals surface area contributed by atoms with E-state index in [0.29, 0.717) is 12.4 Å². The number of aromatic hydroxyl groups is 1. The van der Waals surface area contributed by atoms with Gasteiger partial charge in [0.2, 0.25) is 0 Å². The van der Waals surface area contributed by atoms with Crippen molar-refractivity contribution in [3.05, 3.63) is 58.6 Å². The van der Waals surface area contributed by atoms with Gasteiger partial charge in [-0.15, -0.1) is 0 Å². The van der Waals surface area contributed by atoms with Gasteiger partial charge in [-0.05, 0) is 33.6 Å². The molecular formula is C13H11BrO2. The molecular weight excluding hydrogens is 268 g/mol. The number of phenols is 1. The molecule has 2 nitrogen and oxygen atoms in total. The highest BCUT2D eigenvalue weighted by Gasteiger charge is 2.06. The summed E-state index contributed by atoms with van der Waals surface area (Å²) < 4.78 is 6.31. The average molecular weight is 279 g/mol.